The number of carboxylic acid groups (broad SMARTS) is 1. The van der Waals surface area contributed by atoms with Crippen LogP contribution in [0, 0.1) is 11.8 Å². The first kappa shape index (κ1) is 27.4. The molecule has 2 aliphatic heterocycles. The van der Waals surface area contributed by atoms with Crippen LogP contribution in [0.2, 0.25) is 0 Å². The number of thiazole rings is 1. The number of hydrogen-bond acceptors (Lipinski definition) is 8. The first-order valence-electron chi connectivity index (χ1n) is 14.2. The lowest BCUT2D eigenvalue weighted by Crippen LogP contribution is -2.41. The smallest absolute Gasteiger partial charge is 0.478 e. The molecule has 2 saturated carbocycles. The standard InChI is InChI=1S/C30H25BrF3N3O5S/c31-19-9-14(28(38)39)10-22-25(19)35-29(43-22)37-15-7-8-20(37)23-17(11-15)27(23)40-12-18-24(36-42-26(18)13-5-6-13)16-3-1-2-4-21(16)41-30(32,33)34/h1-4,9-10,13,15,17,20,23,27H,5-8,11-12H2,(H,38,39)/t15?,17?,20?,23?,27-/m0/s1. The maximum absolute atomic E-state index is 13.1. The quantitative estimate of drug-likeness (QED) is 0.202. The summed E-state index contributed by atoms with van der Waals surface area (Å²) in [4.78, 5) is 18.9. The van der Waals surface area contributed by atoms with Gasteiger partial charge in [-0.25, -0.2) is 9.78 Å². The maximum atomic E-state index is 13.1. The van der Waals surface area contributed by atoms with Gasteiger partial charge in [-0.3, -0.25) is 0 Å². The number of nitrogens with zero attached hydrogens (tertiary/aromatic N) is 3. The number of hydrogen-bond donors (Lipinski definition) is 1. The van der Waals surface area contributed by atoms with Crippen LogP contribution < -0.4 is 9.64 Å². The van der Waals surface area contributed by atoms with Gasteiger partial charge in [-0.05, 0) is 78.2 Å². The molecule has 4 aliphatic rings. The maximum Gasteiger partial charge on any atom is 0.573 e. The second-order valence-electron chi connectivity index (χ2n) is 11.8. The minimum atomic E-state index is -4.83. The number of piperidine rings is 1. The minimum Gasteiger partial charge on any atom is -0.478 e. The van der Waals surface area contributed by atoms with Gasteiger partial charge in [0.25, 0.3) is 0 Å². The molecule has 4 aromatic rings. The number of rotatable bonds is 8. The van der Waals surface area contributed by atoms with Crippen molar-refractivity contribution in [1.82, 2.24) is 10.1 Å². The first-order valence-corrected chi connectivity index (χ1v) is 15.8. The van der Waals surface area contributed by atoms with Crippen molar-refractivity contribution in [1.29, 1.82) is 0 Å². The van der Waals surface area contributed by atoms with Crippen molar-refractivity contribution >= 4 is 48.6 Å². The van der Waals surface area contributed by atoms with Crippen LogP contribution in [0.4, 0.5) is 18.3 Å². The fourth-order valence-corrected chi connectivity index (χ4v) is 8.98. The van der Waals surface area contributed by atoms with E-state index in [1.54, 1.807) is 24.3 Å². The van der Waals surface area contributed by atoms with Crippen LogP contribution >= 0.6 is 27.3 Å². The molecule has 0 radical (unpaired) electrons. The van der Waals surface area contributed by atoms with E-state index in [1.807, 2.05) is 0 Å². The number of carbonyl (C=O) groups is 1. The molecule has 4 unspecified atom stereocenters. The molecule has 0 spiro atoms. The summed E-state index contributed by atoms with van der Waals surface area (Å²) >= 11 is 5.01. The predicted molar refractivity (Wildman–Crippen MR) is 154 cm³/mol. The zero-order chi connectivity index (χ0) is 29.6. The van der Waals surface area contributed by atoms with Gasteiger partial charge < -0.3 is 24.0 Å². The molecule has 4 heterocycles. The van der Waals surface area contributed by atoms with Gasteiger partial charge in [0.15, 0.2) is 5.13 Å². The number of carboxylic acids is 1. The van der Waals surface area contributed by atoms with E-state index in [1.165, 1.54) is 23.5 Å². The minimum absolute atomic E-state index is 0.0222. The highest BCUT2D eigenvalue weighted by Crippen LogP contribution is 2.59. The number of alkyl halides is 3. The molecule has 2 bridgehead atoms. The number of ether oxygens (including phenoxy) is 2. The van der Waals surface area contributed by atoms with E-state index in [2.05, 4.69) is 30.7 Å². The average molecular weight is 677 g/mol. The van der Waals surface area contributed by atoms with Crippen molar-refractivity contribution in [3.8, 4) is 17.0 Å². The van der Waals surface area contributed by atoms with Gasteiger partial charge in [0, 0.05) is 39.5 Å². The monoisotopic (exact) mass is 675 g/mol. The van der Waals surface area contributed by atoms with Crippen molar-refractivity contribution in [2.75, 3.05) is 4.90 Å². The Labute approximate surface area is 255 Å². The van der Waals surface area contributed by atoms with Crippen molar-refractivity contribution in [3.05, 3.63) is 57.8 Å². The second-order valence-corrected chi connectivity index (χ2v) is 13.6. The molecule has 4 fully saturated rings. The summed E-state index contributed by atoms with van der Waals surface area (Å²) in [6, 6.07) is 9.84. The third-order valence-electron chi connectivity index (χ3n) is 9.15. The normalized spacial score (nSPS) is 26.1. The molecule has 5 atom stereocenters. The summed E-state index contributed by atoms with van der Waals surface area (Å²) < 4.78 is 57.5. The summed E-state index contributed by atoms with van der Waals surface area (Å²) in [6.45, 7) is 0.201. The molecular weight excluding hydrogens is 651 g/mol. The second kappa shape index (κ2) is 9.93. The highest BCUT2D eigenvalue weighted by molar-refractivity contribution is 9.10. The van der Waals surface area contributed by atoms with Gasteiger partial charge >= 0.3 is 12.3 Å². The van der Waals surface area contributed by atoms with Gasteiger partial charge in [-0.2, -0.15) is 0 Å². The van der Waals surface area contributed by atoms with Crippen molar-refractivity contribution in [2.24, 2.45) is 11.8 Å². The lowest BCUT2D eigenvalue weighted by atomic mass is 10.0. The average Bonchev–Trinajstić information content (AvgIpc) is 3.78. The summed E-state index contributed by atoms with van der Waals surface area (Å²) in [5.74, 6) is 0.304. The Morgan fingerprint density at radius 2 is 2.00 bits per heavy atom. The number of anilines is 1. The third-order valence-corrected chi connectivity index (χ3v) is 10.8. The van der Waals surface area contributed by atoms with Crippen molar-refractivity contribution in [3.63, 3.8) is 0 Å². The largest absolute Gasteiger partial charge is 0.573 e. The van der Waals surface area contributed by atoms with E-state index in [-0.39, 0.29) is 41.5 Å². The molecule has 224 valence electrons. The van der Waals surface area contributed by atoms with Crippen LogP contribution in [-0.4, -0.2) is 45.8 Å². The molecule has 0 amide bonds. The van der Waals surface area contributed by atoms with Gasteiger partial charge in [0.2, 0.25) is 0 Å². The van der Waals surface area contributed by atoms with Crippen LogP contribution in [-0.2, 0) is 11.3 Å². The van der Waals surface area contributed by atoms with E-state index in [9.17, 15) is 23.1 Å². The Balaban J connectivity index is 1.04. The fraction of sp³-hybridized carbons (Fsp3) is 0.433. The molecule has 43 heavy (non-hydrogen) atoms. The summed E-state index contributed by atoms with van der Waals surface area (Å²) in [5.41, 5.74) is 2.22. The number of para-hydroxylation sites is 1. The molecule has 8 rings (SSSR count). The fourth-order valence-electron chi connectivity index (χ4n) is 7.14. The Morgan fingerprint density at radius 3 is 2.77 bits per heavy atom. The molecule has 8 nitrogen and oxygen atoms in total. The first-order chi connectivity index (χ1) is 20.7. The van der Waals surface area contributed by atoms with E-state index < -0.39 is 12.3 Å². The zero-order valence-corrected chi connectivity index (χ0v) is 24.9. The number of fused-ring (bicyclic) bond motifs is 5. The molecule has 2 aromatic heterocycles. The van der Waals surface area contributed by atoms with Crippen LogP contribution in [0.5, 0.6) is 5.75 Å². The lowest BCUT2D eigenvalue weighted by molar-refractivity contribution is -0.274. The zero-order valence-electron chi connectivity index (χ0n) is 22.5. The molecular formula is C30H25BrF3N3O5S. The van der Waals surface area contributed by atoms with Crippen molar-refractivity contribution in [2.45, 2.75) is 69.2 Å². The van der Waals surface area contributed by atoms with Gasteiger partial charge in [0.05, 0.1) is 28.5 Å². The van der Waals surface area contributed by atoms with Gasteiger partial charge in [-0.15, -0.1) is 13.2 Å². The van der Waals surface area contributed by atoms with E-state index in [0.717, 1.165) is 47.5 Å². The lowest BCUT2D eigenvalue weighted by Gasteiger charge is -2.33. The topological polar surface area (TPSA) is 97.9 Å². The molecule has 1 N–H and O–H groups in total. The van der Waals surface area contributed by atoms with Crippen molar-refractivity contribution < 1.29 is 37.1 Å². The Hall–Kier alpha value is -3.16. The predicted octanol–water partition coefficient (Wildman–Crippen LogP) is 7.76. The highest BCUT2D eigenvalue weighted by atomic mass is 79.9. The van der Waals surface area contributed by atoms with Gasteiger partial charge in [-0.1, -0.05) is 28.6 Å². The molecule has 2 saturated heterocycles. The Morgan fingerprint density at radius 1 is 1.19 bits per heavy atom. The van der Waals surface area contributed by atoms with Crippen LogP contribution in [0.15, 0.2) is 45.4 Å². The summed E-state index contributed by atoms with van der Waals surface area (Å²) in [7, 11) is 0. The molecule has 13 heteroatoms. The number of halogens is 4. The summed E-state index contributed by atoms with van der Waals surface area (Å²) in [5, 5.41) is 14.6. The van der Waals surface area contributed by atoms with Gasteiger partial charge in [0.1, 0.15) is 17.2 Å². The number of aromatic carboxylic acids is 1. The van der Waals surface area contributed by atoms with Crippen LogP contribution in [0.3, 0.4) is 0 Å². The van der Waals surface area contributed by atoms with Crippen LogP contribution in [0.1, 0.15) is 59.7 Å². The number of aromatic nitrogens is 2. The highest BCUT2D eigenvalue weighted by Gasteiger charge is 2.63. The summed E-state index contributed by atoms with van der Waals surface area (Å²) in [6.07, 6.45) is 0.148. The van der Waals surface area contributed by atoms with E-state index in [0.29, 0.717) is 39.4 Å². The Bertz CT molecular complexity index is 1750. The molecule has 2 aliphatic carbocycles. The SMILES string of the molecule is O=C(O)c1cc(Br)c2nc(N3C4CCC3C3C(C4)[C@@H]3OCc3c(-c4ccccc4OC(F)(F)F)noc3C3CC3)sc2c1. The van der Waals surface area contributed by atoms with Crippen LogP contribution in [0.25, 0.3) is 21.5 Å². The van der Waals surface area contributed by atoms with E-state index in [4.69, 9.17) is 14.2 Å². The number of benzene rings is 2. The van der Waals surface area contributed by atoms with E-state index >= 15 is 0 Å². The molecule has 2 aromatic carbocycles. The third kappa shape index (κ3) is 4.80. The Kier molecular flexibility index (Phi) is 6.33.